The number of benzene rings is 1. The van der Waals surface area contributed by atoms with Crippen molar-refractivity contribution in [1.82, 2.24) is 4.98 Å². The normalized spacial score (nSPS) is 10.8. The van der Waals surface area contributed by atoms with Crippen LogP contribution in [-0.4, -0.2) is 13.4 Å². The molecule has 20 heavy (non-hydrogen) atoms. The molecule has 1 aromatic carbocycles. The van der Waals surface area contributed by atoms with E-state index in [1.165, 1.54) is 36.5 Å². The van der Waals surface area contributed by atoms with Crippen molar-refractivity contribution in [3.63, 3.8) is 0 Å². The van der Waals surface area contributed by atoms with Crippen LogP contribution >= 0.6 is 11.6 Å². The Labute approximate surface area is 120 Å². The van der Waals surface area contributed by atoms with E-state index >= 15 is 0 Å². The van der Waals surface area contributed by atoms with Gasteiger partial charge in [-0.1, -0.05) is 11.6 Å². The molecule has 0 spiro atoms. The number of nitriles is 1. The molecule has 0 amide bonds. The van der Waals surface area contributed by atoms with Gasteiger partial charge in [-0.2, -0.15) is 5.26 Å². The molecule has 1 aromatic heterocycles. The highest BCUT2D eigenvalue weighted by atomic mass is 35.5. The lowest BCUT2D eigenvalue weighted by molar-refractivity contribution is 0.601. The molecule has 1 heterocycles. The van der Waals surface area contributed by atoms with E-state index in [0.717, 1.165) is 0 Å². The molecule has 0 saturated heterocycles. The zero-order chi connectivity index (χ0) is 14.8. The van der Waals surface area contributed by atoms with E-state index in [0.29, 0.717) is 0 Å². The van der Waals surface area contributed by atoms with Crippen LogP contribution in [0.15, 0.2) is 41.4 Å². The molecule has 0 aliphatic heterocycles. The second kappa shape index (κ2) is 5.36. The lowest BCUT2D eigenvalue weighted by atomic mass is 10.2. The van der Waals surface area contributed by atoms with Crippen LogP contribution in [0.1, 0.15) is 5.56 Å². The Kier molecular flexibility index (Phi) is 3.79. The Hall–Kier alpha value is -2.30. The first kappa shape index (κ1) is 14.1. The number of nitrogens with zero attached hydrogens (tertiary/aromatic N) is 2. The third-order valence-electron chi connectivity index (χ3n) is 2.41. The number of nitrogens with two attached hydrogens (primary N) is 1. The van der Waals surface area contributed by atoms with Gasteiger partial charge in [-0.3, -0.25) is 4.72 Å². The van der Waals surface area contributed by atoms with E-state index < -0.39 is 10.0 Å². The third-order valence-corrected chi connectivity index (χ3v) is 4.10. The molecule has 2 rings (SSSR count). The van der Waals surface area contributed by atoms with Crippen molar-refractivity contribution in [2.45, 2.75) is 4.90 Å². The molecule has 6 nitrogen and oxygen atoms in total. The minimum atomic E-state index is -3.80. The highest BCUT2D eigenvalue weighted by molar-refractivity contribution is 7.92. The maximum atomic E-state index is 12.1. The van der Waals surface area contributed by atoms with Crippen LogP contribution in [0.2, 0.25) is 5.02 Å². The Bertz CT molecular complexity index is 782. The van der Waals surface area contributed by atoms with E-state index in [2.05, 4.69) is 9.71 Å². The van der Waals surface area contributed by atoms with E-state index in [-0.39, 0.29) is 27.0 Å². The molecule has 102 valence electrons. The summed E-state index contributed by atoms with van der Waals surface area (Å²) in [6, 6.07) is 8.69. The molecule has 0 atom stereocenters. The maximum absolute atomic E-state index is 12.1. The van der Waals surface area contributed by atoms with Gasteiger partial charge in [0.25, 0.3) is 10.0 Å². The zero-order valence-electron chi connectivity index (χ0n) is 10.0. The van der Waals surface area contributed by atoms with E-state index in [9.17, 15) is 8.42 Å². The molecule has 0 radical (unpaired) electrons. The van der Waals surface area contributed by atoms with Gasteiger partial charge in [-0.05, 0) is 30.3 Å². The fourth-order valence-electron chi connectivity index (χ4n) is 1.43. The summed E-state index contributed by atoms with van der Waals surface area (Å²) in [5, 5.41) is 8.83. The standard InChI is InChI=1S/C12H9ClN4O2S/c13-11-5-10(3-1-8(11)6-14)20(18,19)17-9-2-4-12(15)16-7-9/h1-5,7,17H,(H2,15,16). The van der Waals surface area contributed by atoms with Gasteiger partial charge in [0.1, 0.15) is 11.9 Å². The predicted octanol–water partition coefficient (Wildman–Crippen LogP) is 1.99. The van der Waals surface area contributed by atoms with Crippen molar-refractivity contribution >= 4 is 33.1 Å². The van der Waals surface area contributed by atoms with Crippen LogP contribution < -0.4 is 10.5 Å². The molecular weight excluding hydrogens is 300 g/mol. The van der Waals surface area contributed by atoms with E-state index in [4.69, 9.17) is 22.6 Å². The van der Waals surface area contributed by atoms with Crippen LogP contribution in [0.25, 0.3) is 0 Å². The highest BCUT2D eigenvalue weighted by Crippen LogP contribution is 2.22. The smallest absolute Gasteiger partial charge is 0.261 e. The zero-order valence-corrected chi connectivity index (χ0v) is 11.6. The van der Waals surface area contributed by atoms with Crippen molar-refractivity contribution in [3.05, 3.63) is 47.1 Å². The Morgan fingerprint density at radius 1 is 1.30 bits per heavy atom. The summed E-state index contributed by atoms with van der Waals surface area (Å²) < 4.78 is 26.6. The van der Waals surface area contributed by atoms with Gasteiger partial charge in [0, 0.05) is 0 Å². The summed E-state index contributed by atoms with van der Waals surface area (Å²) in [5.74, 6) is 0.286. The predicted molar refractivity (Wildman–Crippen MR) is 75.6 cm³/mol. The van der Waals surface area contributed by atoms with Crippen molar-refractivity contribution in [2.24, 2.45) is 0 Å². The molecule has 0 aliphatic carbocycles. The first-order valence-electron chi connectivity index (χ1n) is 5.36. The molecule has 0 bridgehead atoms. The van der Waals surface area contributed by atoms with E-state index in [1.807, 2.05) is 6.07 Å². The summed E-state index contributed by atoms with van der Waals surface area (Å²) in [5.41, 5.74) is 5.90. The summed E-state index contributed by atoms with van der Waals surface area (Å²) in [7, 11) is -3.80. The number of sulfonamides is 1. The number of anilines is 2. The minimum absolute atomic E-state index is 0.0432. The fourth-order valence-corrected chi connectivity index (χ4v) is 2.79. The molecule has 0 saturated carbocycles. The summed E-state index contributed by atoms with van der Waals surface area (Å²) >= 11 is 5.82. The lowest BCUT2D eigenvalue weighted by Crippen LogP contribution is -2.13. The third kappa shape index (κ3) is 2.99. The second-order valence-corrected chi connectivity index (χ2v) is 5.92. The van der Waals surface area contributed by atoms with Crippen LogP contribution in [0.3, 0.4) is 0 Å². The summed E-state index contributed by atoms with van der Waals surface area (Å²) in [6.45, 7) is 0. The van der Waals surface area contributed by atoms with Crippen molar-refractivity contribution < 1.29 is 8.42 Å². The number of hydrogen-bond acceptors (Lipinski definition) is 5. The molecule has 8 heteroatoms. The van der Waals surface area contributed by atoms with Gasteiger partial charge in [-0.15, -0.1) is 0 Å². The molecule has 2 aromatic rings. The molecule has 0 aliphatic rings. The highest BCUT2D eigenvalue weighted by Gasteiger charge is 2.16. The number of halogens is 1. The molecular formula is C12H9ClN4O2S. The van der Waals surface area contributed by atoms with Crippen LogP contribution in [0, 0.1) is 11.3 Å². The average molecular weight is 309 g/mol. The van der Waals surface area contributed by atoms with Gasteiger partial charge in [0.15, 0.2) is 0 Å². The molecule has 3 N–H and O–H groups in total. The fraction of sp³-hybridized carbons (Fsp3) is 0. The number of nitrogen functional groups attached to an aromatic ring is 1. The average Bonchev–Trinajstić information content (AvgIpc) is 2.41. The van der Waals surface area contributed by atoms with Crippen LogP contribution in [0.5, 0.6) is 0 Å². The Balaban J connectivity index is 2.33. The minimum Gasteiger partial charge on any atom is -0.384 e. The second-order valence-electron chi connectivity index (χ2n) is 3.83. The Morgan fingerprint density at radius 3 is 2.60 bits per heavy atom. The summed E-state index contributed by atoms with van der Waals surface area (Å²) in [6.07, 6.45) is 1.30. The maximum Gasteiger partial charge on any atom is 0.261 e. The number of hydrogen-bond donors (Lipinski definition) is 2. The van der Waals surface area contributed by atoms with Gasteiger partial charge >= 0.3 is 0 Å². The lowest BCUT2D eigenvalue weighted by Gasteiger charge is -2.08. The topological polar surface area (TPSA) is 109 Å². The monoisotopic (exact) mass is 308 g/mol. The Morgan fingerprint density at radius 2 is 2.05 bits per heavy atom. The first-order chi connectivity index (χ1) is 9.42. The van der Waals surface area contributed by atoms with Crippen LogP contribution in [-0.2, 0) is 10.0 Å². The molecule has 0 fully saturated rings. The van der Waals surface area contributed by atoms with Crippen molar-refractivity contribution in [1.29, 1.82) is 5.26 Å². The number of aromatic nitrogens is 1. The molecule has 0 unspecified atom stereocenters. The SMILES string of the molecule is N#Cc1ccc(S(=O)(=O)Nc2ccc(N)nc2)cc1Cl. The largest absolute Gasteiger partial charge is 0.384 e. The van der Waals surface area contributed by atoms with Gasteiger partial charge < -0.3 is 5.73 Å². The first-order valence-corrected chi connectivity index (χ1v) is 7.22. The van der Waals surface area contributed by atoms with Crippen LogP contribution in [0.4, 0.5) is 11.5 Å². The summed E-state index contributed by atoms with van der Waals surface area (Å²) in [4.78, 5) is 3.74. The number of rotatable bonds is 3. The number of pyridine rings is 1. The van der Waals surface area contributed by atoms with Gasteiger partial charge in [0.2, 0.25) is 0 Å². The van der Waals surface area contributed by atoms with Crippen molar-refractivity contribution in [3.8, 4) is 6.07 Å². The quantitative estimate of drug-likeness (QED) is 0.901. The van der Waals surface area contributed by atoms with E-state index in [1.54, 1.807) is 0 Å². The van der Waals surface area contributed by atoms with Crippen molar-refractivity contribution in [2.75, 3.05) is 10.5 Å². The van der Waals surface area contributed by atoms with Gasteiger partial charge in [0.05, 0.1) is 27.4 Å². The number of nitrogens with one attached hydrogen (secondary N) is 1. The van der Waals surface area contributed by atoms with Gasteiger partial charge in [-0.25, -0.2) is 13.4 Å².